The van der Waals surface area contributed by atoms with Crippen LogP contribution in [0, 0.1) is 0 Å². The van der Waals surface area contributed by atoms with Gasteiger partial charge in [-0.2, -0.15) is 0 Å². The van der Waals surface area contributed by atoms with Crippen molar-refractivity contribution < 1.29 is 4.74 Å². The van der Waals surface area contributed by atoms with Crippen LogP contribution in [0.2, 0.25) is 10.0 Å². The number of para-hydroxylation sites is 1. The van der Waals surface area contributed by atoms with Crippen molar-refractivity contribution in [1.29, 1.82) is 0 Å². The summed E-state index contributed by atoms with van der Waals surface area (Å²) in [6.45, 7) is 1.48. The number of hydrogen-bond acceptors (Lipinski definition) is 3. The summed E-state index contributed by atoms with van der Waals surface area (Å²) in [6, 6.07) is 23.0. The fourth-order valence-electron chi connectivity index (χ4n) is 2.30. The van der Waals surface area contributed by atoms with Crippen LogP contribution in [0.5, 0.6) is 11.5 Å². The Morgan fingerprint density at radius 1 is 0.720 bits per heavy atom. The van der Waals surface area contributed by atoms with E-state index in [1.807, 2.05) is 60.7 Å². The zero-order chi connectivity index (χ0) is 17.5. The van der Waals surface area contributed by atoms with Crippen molar-refractivity contribution in [2.45, 2.75) is 0 Å². The van der Waals surface area contributed by atoms with E-state index in [1.54, 1.807) is 12.1 Å². The maximum absolute atomic E-state index is 6.12. The highest BCUT2D eigenvalue weighted by atomic mass is 35.5. The molecule has 0 aliphatic rings. The molecule has 0 atom stereocenters. The third kappa shape index (κ3) is 5.31. The van der Waals surface area contributed by atoms with Gasteiger partial charge in [-0.25, -0.2) is 0 Å². The summed E-state index contributed by atoms with van der Waals surface area (Å²) in [7, 11) is 0. The summed E-state index contributed by atoms with van der Waals surface area (Å²) in [5.74, 6) is 1.63. The zero-order valence-corrected chi connectivity index (χ0v) is 15.0. The standard InChI is InChI=1S/C20H18Cl2N2O/c21-15-6-11-19(22)20(14-15)24-13-12-23-16-7-9-18(10-8-16)25-17-4-2-1-3-5-17/h1-11,14,23-24H,12-13H2. The molecule has 0 saturated heterocycles. The fourth-order valence-corrected chi connectivity index (χ4v) is 2.66. The van der Waals surface area contributed by atoms with Crippen LogP contribution >= 0.6 is 23.2 Å². The molecule has 0 aliphatic heterocycles. The van der Waals surface area contributed by atoms with Crippen LogP contribution in [0.25, 0.3) is 0 Å². The Balaban J connectivity index is 1.46. The smallest absolute Gasteiger partial charge is 0.127 e. The minimum Gasteiger partial charge on any atom is -0.457 e. The van der Waals surface area contributed by atoms with E-state index in [9.17, 15) is 0 Å². The highest BCUT2D eigenvalue weighted by molar-refractivity contribution is 6.35. The highest BCUT2D eigenvalue weighted by Crippen LogP contribution is 2.25. The van der Waals surface area contributed by atoms with Gasteiger partial charge in [0.1, 0.15) is 11.5 Å². The van der Waals surface area contributed by atoms with Gasteiger partial charge in [0.25, 0.3) is 0 Å². The first kappa shape index (κ1) is 17.5. The average Bonchev–Trinajstić information content (AvgIpc) is 2.64. The van der Waals surface area contributed by atoms with Crippen LogP contribution in [-0.4, -0.2) is 13.1 Å². The molecule has 0 aliphatic carbocycles. The molecular weight excluding hydrogens is 355 g/mol. The van der Waals surface area contributed by atoms with Gasteiger partial charge in [-0.1, -0.05) is 41.4 Å². The summed E-state index contributed by atoms with van der Waals surface area (Å²) in [5.41, 5.74) is 1.86. The van der Waals surface area contributed by atoms with Crippen molar-refractivity contribution in [1.82, 2.24) is 0 Å². The first-order valence-corrected chi connectivity index (χ1v) is 8.72. The predicted octanol–water partition coefficient (Wildman–Crippen LogP) is 6.31. The van der Waals surface area contributed by atoms with E-state index in [-0.39, 0.29) is 0 Å². The lowest BCUT2D eigenvalue weighted by molar-refractivity contribution is 0.483. The Morgan fingerprint density at radius 2 is 1.40 bits per heavy atom. The molecule has 25 heavy (non-hydrogen) atoms. The molecule has 3 aromatic carbocycles. The Hall–Kier alpha value is -2.36. The van der Waals surface area contributed by atoms with Crippen molar-refractivity contribution in [3.63, 3.8) is 0 Å². The normalized spacial score (nSPS) is 10.3. The molecule has 3 aromatic rings. The maximum Gasteiger partial charge on any atom is 0.127 e. The number of anilines is 2. The van der Waals surface area contributed by atoms with E-state index < -0.39 is 0 Å². The molecule has 0 amide bonds. The third-order valence-corrected chi connectivity index (χ3v) is 4.10. The number of halogens is 2. The van der Waals surface area contributed by atoms with E-state index in [0.29, 0.717) is 10.0 Å². The van der Waals surface area contributed by atoms with Crippen molar-refractivity contribution in [2.75, 3.05) is 23.7 Å². The fraction of sp³-hybridized carbons (Fsp3) is 0.100. The molecular formula is C20H18Cl2N2O. The van der Waals surface area contributed by atoms with Crippen molar-refractivity contribution >= 4 is 34.6 Å². The Bertz CT molecular complexity index is 808. The number of nitrogens with one attached hydrogen (secondary N) is 2. The zero-order valence-electron chi connectivity index (χ0n) is 13.5. The quantitative estimate of drug-likeness (QED) is 0.476. The molecule has 128 valence electrons. The summed E-state index contributed by atoms with van der Waals surface area (Å²) < 4.78 is 5.77. The first-order valence-electron chi connectivity index (χ1n) is 7.96. The largest absolute Gasteiger partial charge is 0.457 e. The molecule has 0 heterocycles. The van der Waals surface area contributed by atoms with Crippen molar-refractivity contribution in [3.05, 3.63) is 82.8 Å². The summed E-state index contributed by atoms with van der Waals surface area (Å²) >= 11 is 12.1. The lowest BCUT2D eigenvalue weighted by Gasteiger charge is -2.11. The third-order valence-electron chi connectivity index (χ3n) is 3.53. The molecule has 0 saturated carbocycles. The van der Waals surface area contributed by atoms with E-state index in [4.69, 9.17) is 27.9 Å². The molecule has 0 unspecified atom stereocenters. The highest BCUT2D eigenvalue weighted by Gasteiger charge is 2.01. The van der Waals surface area contributed by atoms with Crippen LogP contribution in [0.3, 0.4) is 0 Å². The van der Waals surface area contributed by atoms with Crippen LogP contribution < -0.4 is 15.4 Å². The number of benzene rings is 3. The SMILES string of the molecule is Clc1ccc(Cl)c(NCCNc2ccc(Oc3ccccc3)cc2)c1. The van der Waals surface area contributed by atoms with Gasteiger partial charge in [-0.05, 0) is 54.6 Å². The summed E-state index contributed by atoms with van der Waals surface area (Å²) in [6.07, 6.45) is 0. The van der Waals surface area contributed by atoms with Crippen molar-refractivity contribution in [2.24, 2.45) is 0 Å². The van der Waals surface area contributed by atoms with Gasteiger partial charge < -0.3 is 15.4 Å². The second kappa shape index (κ2) is 8.65. The average molecular weight is 373 g/mol. The van der Waals surface area contributed by atoms with Gasteiger partial charge in [0.2, 0.25) is 0 Å². The lowest BCUT2D eigenvalue weighted by Crippen LogP contribution is -2.13. The first-order chi connectivity index (χ1) is 12.2. The molecule has 0 aromatic heterocycles. The lowest BCUT2D eigenvalue weighted by atomic mass is 10.3. The van der Waals surface area contributed by atoms with Gasteiger partial charge in [-0.15, -0.1) is 0 Å². The summed E-state index contributed by atoms with van der Waals surface area (Å²) in [5, 5.41) is 7.93. The monoisotopic (exact) mass is 372 g/mol. The molecule has 0 radical (unpaired) electrons. The molecule has 5 heteroatoms. The molecule has 3 nitrogen and oxygen atoms in total. The van der Waals surface area contributed by atoms with E-state index in [2.05, 4.69) is 10.6 Å². The molecule has 3 rings (SSSR count). The van der Waals surface area contributed by atoms with E-state index in [0.717, 1.165) is 36.0 Å². The molecule has 0 spiro atoms. The Morgan fingerprint density at radius 3 is 2.16 bits per heavy atom. The van der Waals surface area contributed by atoms with Crippen LogP contribution in [-0.2, 0) is 0 Å². The molecule has 2 N–H and O–H groups in total. The van der Waals surface area contributed by atoms with Crippen LogP contribution in [0.1, 0.15) is 0 Å². The number of ether oxygens (including phenoxy) is 1. The van der Waals surface area contributed by atoms with E-state index in [1.165, 1.54) is 0 Å². The van der Waals surface area contributed by atoms with Crippen molar-refractivity contribution in [3.8, 4) is 11.5 Å². The van der Waals surface area contributed by atoms with Gasteiger partial charge in [0, 0.05) is 23.8 Å². The summed E-state index contributed by atoms with van der Waals surface area (Å²) in [4.78, 5) is 0. The van der Waals surface area contributed by atoms with Crippen LogP contribution in [0.15, 0.2) is 72.8 Å². The minimum absolute atomic E-state index is 0.659. The second-order valence-corrected chi connectivity index (χ2v) is 6.26. The van der Waals surface area contributed by atoms with Crippen LogP contribution in [0.4, 0.5) is 11.4 Å². The number of rotatable bonds is 7. The second-order valence-electron chi connectivity index (χ2n) is 5.42. The topological polar surface area (TPSA) is 33.3 Å². The predicted molar refractivity (Wildman–Crippen MR) is 106 cm³/mol. The Kier molecular flexibility index (Phi) is 6.04. The maximum atomic E-state index is 6.12. The van der Waals surface area contributed by atoms with Gasteiger partial charge in [0.05, 0.1) is 10.7 Å². The molecule has 0 fully saturated rings. The van der Waals surface area contributed by atoms with E-state index >= 15 is 0 Å². The van der Waals surface area contributed by atoms with Gasteiger partial charge in [-0.3, -0.25) is 0 Å². The Labute approximate surface area is 157 Å². The van der Waals surface area contributed by atoms with Gasteiger partial charge in [0.15, 0.2) is 0 Å². The number of hydrogen-bond donors (Lipinski definition) is 2. The molecule has 0 bridgehead atoms. The van der Waals surface area contributed by atoms with Gasteiger partial charge >= 0.3 is 0 Å². The minimum atomic E-state index is 0.659.